The lowest BCUT2D eigenvalue weighted by molar-refractivity contribution is -0.126. The number of nitrogens with zero attached hydrogens (tertiary/aromatic N) is 2. The maximum atomic E-state index is 13.2. The number of ether oxygens (including phenoxy) is 2. The fourth-order valence-electron chi connectivity index (χ4n) is 3.98. The average Bonchev–Trinajstić information content (AvgIpc) is 2.77. The number of piperidine rings is 1. The zero-order valence-corrected chi connectivity index (χ0v) is 18.7. The van der Waals surface area contributed by atoms with Crippen LogP contribution < -0.4 is 10.1 Å². The van der Waals surface area contributed by atoms with E-state index >= 15 is 0 Å². The van der Waals surface area contributed by atoms with Gasteiger partial charge < -0.3 is 14.8 Å². The summed E-state index contributed by atoms with van der Waals surface area (Å²) in [5.41, 5.74) is 0.848. The standard InChI is InChI=1S/C21H33N3O5S/c1-17-6-7-19(28-2)20(15-17)30(26,27)24-10-3-5-18(16-24)21(25)22-8-4-9-23-11-13-29-14-12-23/h6-7,15,18H,3-5,8-14,16H2,1-2H3,(H,22,25)/t18-/m1/s1. The average molecular weight is 440 g/mol. The van der Waals surface area contributed by atoms with E-state index < -0.39 is 10.0 Å². The number of hydrogen-bond acceptors (Lipinski definition) is 6. The number of hydrogen-bond donors (Lipinski definition) is 1. The van der Waals surface area contributed by atoms with Crippen LogP contribution in [0.4, 0.5) is 0 Å². The van der Waals surface area contributed by atoms with Crippen molar-refractivity contribution in [2.45, 2.75) is 31.1 Å². The number of rotatable bonds is 8. The molecule has 0 bridgehead atoms. The highest BCUT2D eigenvalue weighted by Crippen LogP contribution is 2.30. The molecule has 1 aromatic rings. The highest BCUT2D eigenvalue weighted by molar-refractivity contribution is 7.89. The van der Waals surface area contributed by atoms with Crippen LogP contribution in [0.5, 0.6) is 5.75 Å². The van der Waals surface area contributed by atoms with Crippen LogP contribution in [0, 0.1) is 12.8 Å². The van der Waals surface area contributed by atoms with Gasteiger partial charge in [-0.1, -0.05) is 6.07 Å². The van der Waals surface area contributed by atoms with E-state index in [9.17, 15) is 13.2 Å². The second-order valence-corrected chi connectivity index (χ2v) is 9.86. The van der Waals surface area contributed by atoms with E-state index in [4.69, 9.17) is 9.47 Å². The molecule has 0 unspecified atom stereocenters. The molecule has 0 spiro atoms. The Balaban J connectivity index is 1.55. The molecule has 1 aromatic carbocycles. The molecular weight excluding hydrogens is 406 g/mol. The van der Waals surface area contributed by atoms with E-state index in [0.29, 0.717) is 31.7 Å². The van der Waals surface area contributed by atoms with Crippen molar-refractivity contribution in [3.05, 3.63) is 23.8 Å². The predicted octanol–water partition coefficient (Wildman–Crippen LogP) is 1.24. The second-order valence-electron chi connectivity index (χ2n) is 7.96. The molecule has 8 nitrogen and oxygen atoms in total. The molecule has 2 aliphatic heterocycles. The van der Waals surface area contributed by atoms with Gasteiger partial charge in [-0.2, -0.15) is 4.31 Å². The number of methoxy groups -OCH3 is 1. The molecule has 9 heteroatoms. The van der Waals surface area contributed by atoms with Crippen LogP contribution in [0.1, 0.15) is 24.8 Å². The molecule has 1 amide bonds. The van der Waals surface area contributed by atoms with Gasteiger partial charge in [0.15, 0.2) is 0 Å². The third kappa shape index (κ3) is 5.72. The Labute approximate surface area is 179 Å². The molecule has 2 aliphatic rings. The van der Waals surface area contributed by atoms with E-state index in [0.717, 1.165) is 44.8 Å². The maximum absolute atomic E-state index is 13.2. The van der Waals surface area contributed by atoms with Gasteiger partial charge in [0.05, 0.1) is 26.2 Å². The van der Waals surface area contributed by atoms with E-state index in [-0.39, 0.29) is 23.3 Å². The topological polar surface area (TPSA) is 88.2 Å². The number of carbonyl (C=O) groups excluding carboxylic acids is 1. The van der Waals surface area contributed by atoms with Crippen molar-refractivity contribution >= 4 is 15.9 Å². The van der Waals surface area contributed by atoms with Crippen molar-refractivity contribution in [2.24, 2.45) is 5.92 Å². The third-order valence-corrected chi connectivity index (χ3v) is 7.63. The minimum atomic E-state index is -3.72. The smallest absolute Gasteiger partial charge is 0.246 e. The fraction of sp³-hybridized carbons (Fsp3) is 0.667. The summed E-state index contributed by atoms with van der Waals surface area (Å²) >= 11 is 0. The van der Waals surface area contributed by atoms with Crippen LogP contribution in [0.2, 0.25) is 0 Å². The monoisotopic (exact) mass is 439 g/mol. The Morgan fingerprint density at radius 3 is 2.77 bits per heavy atom. The first-order valence-electron chi connectivity index (χ1n) is 10.6. The minimum absolute atomic E-state index is 0.0620. The Morgan fingerprint density at radius 1 is 1.27 bits per heavy atom. The van der Waals surface area contributed by atoms with Crippen LogP contribution in [0.25, 0.3) is 0 Å². The number of benzene rings is 1. The van der Waals surface area contributed by atoms with E-state index in [1.54, 1.807) is 12.1 Å². The van der Waals surface area contributed by atoms with Crippen molar-refractivity contribution in [1.29, 1.82) is 0 Å². The van der Waals surface area contributed by atoms with Gasteiger partial charge in [-0.15, -0.1) is 0 Å². The first kappa shape index (κ1) is 23.0. The second kappa shape index (κ2) is 10.6. The van der Waals surface area contributed by atoms with Crippen LogP contribution in [-0.2, 0) is 19.6 Å². The number of sulfonamides is 1. The van der Waals surface area contributed by atoms with Gasteiger partial charge in [-0.3, -0.25) is 9.69 Å². The summed E-state index contributed by atoms with van der Waals surface area (Å²) in [6, 6.07) is 5.12. The van der Waals surface area contributed by atoms with Crippen molar-refractivity contribution in [2.75, 3.05) is 59.6 Å². The quantitative estimate of drug-likeness (QED) is 0.614. The molecule has 2 saturated heterocycles. The van der Waals surface area contributed by atoms with Gasteiger partial charge in [0.1, 0.15) is 10.6 Å². The fourth-order valence-corrected chi connectivity index (χ4v) is 5.75. The molecule has 0 aromatic heterocycles. The summed E-state index contributed by atoms with van der Waals surface area (Å²) in [6.45, 7) is 7.41. The molecule has 1 atom stereocenters. The normalized spacial score (nSPS) is 21.3. The van der Waals surface area contributed by atoms with E-state index in [2.05, 4.69) is 10.2 Å². The molecule has 2 heterocycles. The zero-order chi connectivity index (χ0) is 21.6. The summed E-state index contributed by atoms with van der Waals surface area (Å²) < 4.78 is 38.5. The largest absolute Gasteiger partial charge is 0.495 e. The lowest BCUT2D eigenvalue weighted by Crippen LogP contribution is -2.46. The first-order valence-corrected chi connectivity index (χ1v) is 12.1. The molecular formula is C21H33N3O5S. The third-order valence-electron chi connectivity index (χ3n) is 5.75. The SMILES string of the molecule is COc1ccc(C)cc1S(=O)(=O)N1CCC[C@@H](C(=O)NCCCN2CCOCC2)C1. The number of morpholine rings is 1. The zero-order valence-electron chi connectivity index (χ0n) is 17.9. The van der Waals surface area contributed by atoms with Gasteiger partial charge in [-0.05, 0) is 50.4 Å². The van der Waals surface area contributed by atoms with Crippen molar-refractivity contribution in [3.63, 3.8) is 0 Å². The Hall–Kier alpha value is -1.68. The van der Waals surface area contributed by atoms with Crippen LogP contribution in [0.3, 0.4) is 0 Å². The molecule has 0 radical (unpaired) electrons. The summed E-state index contributed by atoms with van der Waals surface area (Å²) in [5, 5.41) is 2.99. The molecule has 30 heavy (non-hydrogen) atoms. The molecule has 2 fully saturated rings. The van der Waals surface area contributed by atoms with Gasteiger partial charge in [0.25, 0.3) is 0 Å². The molecule has 3 rings (SSSR count). The molecule has 0 saturated carbocycles. The van der Waals surface area contributed by atoms with Crippen molar-refractivity contribution < 1.29 is 22.7 Å². The van der Waals surface area contributed by atoms with Gasteiger partial charge >= 0.3 is 0 Å². The summed E-state index contributed by atoms with van der Waals surface area (Å²) in [6.07, 6.45) is 2.24. The summed E-state index contributed by atoms with van der Waals surface area (Å²) in [4.78, 5) is 15.1. The lowest BCUT2D eigenvalue weighted by atomic mass is 9.99. The van der Waals surface area contributed by atoms with Crippen LogP contribution >= 0.6 is 0 Å². The Morgan fingerprint density at radius 2 is 2.03 bits per heavy atom. The number of carbonyl (C=O) groups is 1. The van der Waals surface area contributed by atoms with E-state index in [1.807, 2.05) is 13.0 Å². The van der Waals surface area contributed by atoms with Gasteiger partial charge in [-0.25, -0.2) is 8.42 Å². The summed E-state index contributed by atoms with van der Waals surface area (Å²) in [5.74, 6) is -0.0592. The maximum Gasteiger partial charge on any atom is 0.246 e. The number of amides is 1. The Kier molecular flexibility index (Phi) is 8.10. The highest BCUT2D eigenvalue weighted by atomic mass is 32.2. The van der Waals surface area contributed by atoms with Crippen molar-refractivity contribution in [1.82, 2.24) is 14.5 Å². The minimum Gasteiger partial charge on any atom is -0.495 e. The number of nitrogens with one attached hydrogen (secondary N) is 1. The predicted molar refractivity (Wildman–Crippen MR) is 114 cm³/mol. The molecule has 168 valence electrons. The van der Waals surface area contributed by atoms with Crippen LogP contribution in [0.15, 0.2) is 23.1 Å². The molecule has 0 aliphatic carbocycles. The lowest BCUT2D eigenvalue weighted by Gasteiger charge is -2.31. The highest BCUT2D eigenvalue weighted by Gasteiger charge is 2.34. The Bertz CT molecular complexity index is 824. The summed E-state index contributed by atoms with van der Waals surface area (Å²) in [7, 11) is -2.26. The van der Waals surface area contributed by atoms with E-state index in [1.165, 1.54) is 11.4 Å². The molecule has 1 N–H and O–H groups in total. The van der Waals surface area contributed by atoms with Gasteiger partial charge in [0, 0.05) is 32.7 Å². The number of aryl methyl sites for hydroxylation is 1. The van der Waals surface area contributed by atoms with Crippen LogP contribution in [-0.4, -0.2) is 83.1 Å². The van der Waals surface area contributed by atoms with Gasteiger partial charge in [0.2, 0.25) is 15.9 Å². The first-order chi connectivity index (χ1) is 14.4. The van der Waals surface area contributed by atoms with Crippen molar-refractivity contribution in [3.8, 4) is 5.75 Å².